The molecule has 1 amide bonds. The average Bonchev–Trinajstić information content (AvgIpc) is 2.94. The van der Waals surface area contributed by atoms with Gasteiger partial charge in [0, 0.05) is 29.1 Å². The van der Waals surface area contributed by atoms with E-state index in [1.165, 1.54) is 16.7 Å². The third kappa shape index (κ3) is 7.32. The van der Waals surface area contributed by atoms with Crippen LogP contribution in [0.15, 0.2) is 84.5 Å². The molecule has 37 heavy (non-hydrogen) atoms. The largest absolute Gasteiger partial charge is 0.339 e. The molecule has 0 spiro atoms. The predicted molar refractivity (Wildman–Crippen MR) is 153 cm³/mol. The highest BCUT2D eigenvalue weighted by atomic mass is 35.5. The average molecular weight is 516 g/mol. The summed E-state index contributed by atoms with van der Waals surface area (Å²) < 4.78 is 0. The maximum absolute atomic E-state index is 13.6. The summed E-state index contributed by atoms with van der Waals surface area (Å²) in [5, 5.41) is 0.620. The van der Waals surface area contributed by atoms with Crippen LogP contribution in [0.3, 0.4) is 0 Å². The van der Waals surface area contributed by atoms with E-state index in [1.807, 2.05) is 11.0 Å². The van der Waals surface area contributed by atoms with Crippen LogP contribution in [0.4, 0.5) is 0 Å². The van der Waals surface area contributed by atoms with Crippen molar-refractivity contribution in [3.05, 3.63) is 106 Å². The summed E-state index contributed by atoms with van der Waals surface area (Å²) in [4.78, 5) is 28.5. The smallest absolute Gasteiger partial charge is 0.253 e. The standard InChI is InChI=1S/C33H38ClNO2/c1-2-26-13-15-27(16-14-26)9-5-4-8-12-31(36)33(25-28-10-6-3-7-11-28)21-23-35(24-22-33)32(37)29-17-19-30(34)20-18-29/h6,8,10-20H,2-5,7,9,21-25H2,1H3/b12-8+. The van der Waals surface area contributed by atoms with E-state index in [9.17, 15) is 9.59 Å². The van der Waals surface area contributed by atoms with Crippen molar-refractivity contribution < 1.29 is 9.59 Å². The molecule has 1 heterocycles. The summed E-state index contributed by atoms with van der Waals surface area (Å²) in [7, 11) is 0. The number of piperidine rings is 1. The van der Waals surface area contributed by atoms with Gasteiger partial charge >= 0.3 is 0 Å². The van der Waals surface area contributed by atoms with Crippen molar-refractivity contribution in [3.8, 4) is 0 Å². The van der Waals surface area contributed by atoms with Gasteiger partial charge in [-0.25, -0.2) is 0 Å². The number of aryl methyl sites for hydroxylation is 2. The van der Waals surface area contributed by atoms with Crippen LogP contribution >= 0.6 is 11.6 Å². The lowest BCUT2D eigenvalue weighted by molar-refractivity contribution is -0.126. The summed E-state index contributed by atoms with van der Waals surface area (Å²) in [6, 6.07) is 15.9. The molecule has 0 N–H and O–H groups in total. The summed E-state index contributed by atoms with van der Waals surface area (Å²) in [6.07, 6.45) is 18.8. The van der Waals surface area contributed by atoms with E-state index in [0.717, 1.165) is 44.9 Å². The van der Waals surface area contributed by atoms with Crippen molar-refractivity contribution in [2.45, 2.75) is 64.7 Å². The van der Waals surface area contributed by atoms with Gasteiger partial charge in [0.15, 0.2) is 5.78 Å². The Morgan fingerprint density at radius 3 is 2.32 bits per heavy atom. The Balaban J connectivity index is 1.37. The van der Waals surface area contributed by atoms with Crippen LogP contribution < -0.4 is 0 Å². The van der Waals surface area contributed by atoms with E-state index in [4.69, 9.17) is 11.6 Å². The van der Waals surface area contributed by atoms with Crippen LogP contribution in [0.5, 0.6) is 0 Å². The summed E-state index contributed by atoms with van der Waals surface area (Å²) in [5.74, 6) is 0.218. The van der Waals surface area contributed by atoms with Crippen molar-refractivity contribution in [1.29, 1.82) is 0 Å². The molecule has 0 atom stereocenters. The monoisotopic (exact) mass is 515 g/mol. The predicted octanol–water partition coefficient (Wildman–Crippen LogP) is 7.94. The molecule has 1 fully saturated rings. The number of halogens is 1. The summed E-state index contributed by atoms with van der Waals surface area (Å²) >= 11 is 5.99. The second-order valence-electron chi connectivity index (χ2n) is 10.3. The quantitative estimate of drug-likeness (QED) is 0.238. The number of carbonyl (C=O) groups is 2. The highest BCUT2D eigenvalue weighted by Gasteiger charge is 2.41. The topological polar surface area (TPSA) is 37.4 Å². The number of unbranched alkanes of at least 4 members (excludes halogenated alkanes) is 1. The van der Waals surface area contributed by atoms with Crippen LogP contribution in [0.25, 0.3) is 0 Å². The van der Waals surface area contributed by atoms with Gasteiger partial charge in [-0.05, 0) is 99.3 Å². The van der Waals surface area contributed by atoms with E-state index in [0.29, 0.717) is 36.5 Å². The molecule has 4 rings (SSSR count). The Kier molecular flexibility index (Phi) is 9.57. The highest BCUT2D eigenvalue weighted by molar-refractivity contribution is 6.30. The Bertz CT molecular complexity index is 1150. The molecule has 4 heteroatoms. The molecule has 1 saturated heterocycles. The molecule has 0 aromatic heterocycles. The number of allylic oxidation sites excluding steroid dienone is 6. The fourth-order valence-corrected chi connectivity index (χ4v) is 5.47. The highest BCUT2D eigenvalue weighted by Crippen LogP contribution is 2.40. The van der Waals surface area contributed by atoms with Gasteiger partial charge in [-0.3, -0.25) is 9.59 Å². The van der Waals surface area contributed by atoms with Crippen molar-refractivity contribution >= 4 is 23.3 Å². The number of likely N-dealkylation sites (tertiary alicyclic amines) is 1. The first-order chi connectivity index (χ1) is 18.0. The van der Waals surface area contributed by atoms with Crippen molar-refractivity contribution in [2.75, 3.05) is 13.1 Å². The molecule has 194 valence electrons. The van der Waals surface area contributed by atoms with Gasteiger partial charge in [-0.15, -0.1) is 0 Å². The Labute approximate surface area is 226 Å². The lowest BCUT2D eigenvalue weighted by Gasteiger charge is -2.41. The summed E-state index contributed by atoms with van der Waals surface area (Å²) in [5.41, 5.74) is 4.16. The Hall–Kier alpha value is -2.91. The third-order valence-corrected chi connectivity index (χ3v) is 8.02. The fourth-order valence-electron chi connectivity index (χ4n) is 5.35. The Morgan fingerprint density at radius 1 is 0.973 bits per heavy atom. The van der Waals surface area contributed by atoms with Crippen molar-refractivity contribution in [2.24, 2.45) is 5.41 Å². The molecule has 2 aliphatic rings. The molecular formula is C33H38ClNO2. The second kappa shape index (κ2) is 13.1. The second-order valence-corrected chi connectivity index (χ2v) is 10.8. The number of ketones is 1. The molecule has 0 saturated carbocycles. The zero-order valence-electron chi connectivity index (χ0n) is 21.9. The van der Waals surface area contributed by atoms with Crippen LogP contribution in [0.2, 0.25) is 5.02 Å². The summed E-state index contributed by atoms with van der Waals surface area (Å²) in [6.45, 7) is 3.35. The van der Waals surface area contributed by atoms with Crippen LogP contribution in [0, 0.1) is 5.41 Å². The zero-order valence-corrected chi connectivity index (χ0v) is 22.7. The number of rotatable bonds is 10. The first-order valence-electron chi connectivity index (χ1n) is 13.7. The normalized spacial score (nSPS) is 17.1. The van der Waals surface area contributed by atoms with E-state index < -0.39 is 5.41 Å². The van der Waals surface area contributed by atoms with Crippen LogP contribution in [0.1, 0.15) is 73.4 Å². The minimum Gasteiger partial charge on any atom is -0.339 e. The third-order valence-electron chi connectivity index (χ3n) is 7.77. The van der Waals surface area contributed by atoms with E-state index in [2.05, 4.69) is 55.5 Å². The van der Waals surface area contributed by atoms with Gasteiger partial charge in [0.05, 0.1) is 0 Å². The van der Waals surface area contributed by atoms with Gasteiger partial charge in [0.25, 0.3) is 5.91 Å². The number of amides is 1. The van der Waals surface area contributed by atoms with Crippen molar-refractivity contribution in [1.82, 2.24) is 4.90 Å². The van der Waals surface area contributed by atoms with Gasteiger partial charge in [0.2, 0.25) is 0 Å². The lowest BCUT2D eigenvalue weighted by atomic mass is 9.69. The van der Waals surface area contributed by atoms with E-state index in [1.54, 1.807) is 24.3 Å². The van der Waals surface area contributed by atoms with Gasteiger partial charge in [-0.2, -0.15) is 0 Å². The molecule has 1 aliphatic carbocycles. The number of hydrogen-bond donors (Lipinski definition) is 0. The number of nitrogens with zero attached hydrogens (tertiary/aromatic N) is 1. The molecule has 2 aromatic carbocycles. The molecule has 0 bridgehead atoms. The van der Waals surface area contributed by atoms with Crippen LogP contribution in [-0.2, 0) is 17.6 Å². The first kappa shape index (κ1) is 27.1. The fraction of sp³-hybridized carbons (Fsp3) is 0.394. The molecule has 0 radical (unpaired) electrons. The molecule has 3 nitrogen and oxygen atoms in total. The van der Waals surface area contributed by atoms with Gasteiger partial charge in [0.1, 0.15) is 0 Å². The van der Waals surface area contributed by atoms with E-state index >= 15 is 0 Å². The van der Waals surface area contributed by atoms with E-state index in [-0.39, 0.29) is 11.7 Å². The minimum absolute atomic E-state index is 0.0111. The van der Waals surface area contributed by atoms with Crippen molar-refractivity contribution in [3.63, 3.8) is 0 Å². The molecule has 0 unspecified atom stereocenters. The van der Waals surface area contributed by atoms with Gasteiger partial charge in [-0.1, -0.05) is 72.7 Å². The maximum atomic E-state index is 13.6. The lowest BCUT2D eigenvalue weighted by Crippen LogP contribution is -2.46. The van der Waals surface area contributed by atoms with Crippen LogP contribution in [-0.4, -0.2) is 29.7 Å². The first-order valence-corrected chi connectivity index (χ1v) is 14.1. The number of carbonyl (C=O) groups excluding carboxylic acids is 2. The minimum atomic E-state index is -0.448. The zero-order chi connectivity index (χ0) is 26.1. The maximum Gasteiger partial charge on any atom is 0.253 e. The SMILES string of the molecule is CCc1ccc(CCC/C=C/C(=O)C2(CC3=CCCC=C3)CCN(C(=O)c3ccc(Cl)cc3)CC2)cc1. The molecule has 1 aliphatic heterocycles. The number of hydrogen-bond acceptors (Lipinski definition) is 2. The molecule has 2 aromatic rings. The number of benzene rings is 2. The Morgan fingerprint density at radius 2 is 1.68 bits per heavy atom. The van der Waals surface area contributed by atoms with Gasteiger partial charge < -0.3 is 4.90 Å². The molecular weight excluding hydrogens is 478 g/mol.